The van der Waals surface area contributed by atoms with Crippen LogP contribution in [-0.4, -0.2) is 35.6 Å². The normalized spacial score (nSPS) is 22.2. The lowest BCUT2D eigenvalue weighted by atomic mass is 9.97. The van der Waals surface area contributed by atoms with Crippen LogP contribution in [0.2, 0.25) is 0 Å². The highest BCUT2D eigenvalue weighted by molar-refractivity contribution is 5.96. The molecule has 1 saturated heterocycles. The first-order valence-electron chi connectivity index (χ1n) is 11.5. The van der Waals surface area contributed by atoms with E-state index in [0.29, 0.717) is 12.0 Å². The number of hydrogen-bond donors (Lipinski definition) is 2. The average Bonchev–Trinajstić information content (AvgIpc) is 3.13. The first-order chi connectivity index (χ1) is 16.0. The highest BCUT2D eigenvalue weighted by Gasteiger charge is 2.56. The SMILES string of the molecule is CCNc1cc(F)cc2c1Cc1ncc(-c3cncc(C#N)c3)c(N3CCC4(C[C@H]4N)C3)c1-2. The summed E-state index contributed by atoms with van der Waals surface area (Å²) < 4.78 is 14.7. The molecule has 3 N–H and O–H groups in total. The number of nitrogens with one attached hydrogen (secondary N) is 1. The molecule has 166 valence electrons. The van der Waals surface area contributed by atoms with Gasteiger partial charge in [-0.1, -0.05) is 0 Å². The summed E-state index contributed by atoms with van der Waals surface area (Å²) in [5.41, 5.74) is 14.6. The van der Waals surface area contributed by atoms with E-state index < -0.39 is 0 Å². The van der Waals surface area contributed by atoms with Crippen molar-refractivity contribution in [1.29, 1.82) is 5.26 Å². The highest BCUT2D eigenvalue weighted by atomic mass is 19.1. The van der Waals surface area contributed by atoms with E-state index in [2.05, 4.69) is 21.3 Å². The van der Waals surface area contributed by atoms with Crippen LogP contribution >= 0.6 is 0 Å². The van der Waals surface area contributed by atoms with Crippen LogP contribution in [0.5, 0.6) is 0 Å². The van der Waals surface area contributed by atoms with Gasteiger partial charge in [-0.3, -0.25) is 9.97 Å². The minimum Gasteiger partial charge on any atom is -0.385 e. The maximum absolute atomic E-state index is 14.7. The van der Waals surface area contributed by atoms with Gasteiger partial charge in [-0.15, -0.1) is 0 Å². The zero-order chi connectivity index (χ0) is 22.7. The van der Waals surface area contributed by atoms with Crippen LogP contribution < -0.4 is 16.0 Å². The van der Waals surface area contributed by atoms with Gasteiger partial charge < -0.3 is 16.0 Å². The van der Waals surface area contributed by atoms with Gasteiger partial charge in [0.25, 0.3) is 0 Å². The summed E-state index contributed by atoms with van der Waals surface area (Å²) in [6.45, 7) is 4.51. The largest absolute Gasteiger partial charge is 0.385 e. The van der Waals surface area contributed by atoms with E-state index in [1.165, 1.54) is 0 Å². The Kier molecular flexibility index (Phi) is 4.43. The molecular formula is C26H25FN6. The summed E-state index contributed by atoms with van der Waals surface area (Å²) in [6.07, 6.45) is 7.99. The number of nitriles is 1. The van der Waals surface area contributed by atoms with Gasteiger partial charge in [0, 0.05) is 78.5 Å². The first kappa shape index (κ1) is 20.1. The molecule has 2 fully saturated rings. The third kappa shape index (κ3) is 3.09. The predicted octanol–water partition coefficient (Wildman–Crippen LogP) is 4.08. The number of nitrogens with two attached hydrogens (primary N) is 1. The molecular weight excluding hydrogens is 415 g/mol. The Labute approximate surface area is 192 Å². The summed E-state index contributed by atoms with van der Waals surface area (Å²) in [6, 6.07) is 7.48. The Morgan fingerprint density at radius 3 is 2.85 bits per heavy atom. The van der Waals surface area contributed by atoms with E-state index in [0.717, 1.165) is 77.4 Å². The molecule has 1 unspecified atom stereocenters. The van der Waals surface area contributed by atoms with Crippen molar-refractivity contribution in [2.75, 3.05) is 29.9 Å². The van der Waals surface area contributed by atoms with Crippen LogP contribution in [0, 0.1) is 22.6 Å². The predicted molar refractivity (Wildman–Crippen MR) is 126 cm³/mol. The fraction of sp³-hybridized carbons (Fsp3) is 0.346. The van der Waals surface area contributed by atoms with Crippen molar-refractivity contribution in [3.63, 3.8) is 0 Å². The lowest BCUT2D eigenvalue weighted by Crippen LogP contribution is -2.24. The molecule has 7 heteroatoms. The number of pyridine rings is 2. The number of fused-ring (bicyclic) bond motifs is 3. The van der Waals surface area contributed by atoms with E-state index in [-0.39, 0.29) is 17.3 Å². The minimum atomic E-state index is -0.260. The Hall–Kier alpha value is -3.50. The molecule has 1 aliphatic heterocycles. The summed E-state index contributed by atoms with van der Waals surface area (Å²) in [7, 11) is 0. The van der Waals surface area contributed by atoms with E-state index in [1.54, 1.807) is 24.5 Å². The first-order valence-corrected chi connectivity index (χ1v) is 11.5. The Morgan fingerprint density at radius 1 is 1.27 bits per heavy atom. The van der Waals surface area contributed by atoms with Gasteiger partial charge in [0.05, 0.1) is 16.9 Å². The number of rotatable bonds is 4. The smallest absolute Gasteiger partial charge is 0.125 e. The summed E-state index contributed by atoms with van der Waals surface area (Å²) in [5, 5.41) is 12.7. The van der Waals surface area contributed by atoms with Gasteiger partial charge in [-0.2, -0.15) is 5.26 Å². The lowest BCUT2D eigenvalue weighted by molar-refractivity contribution is 0.553. The van der Waals surface area contributed by atoms with E-state index in [4.69, 9.17) is 10.7 Å². The summed E-state index contributed by atoms with van der Waals surface area (Å²) in [4.78, 5) is 11.5. The van der Waals surface area contributed by atoms with Gasteiger partial charge in [0.1, 0.15) is 11.9 Å². The van der Waals surface area contributed by atoms with Crippen LogP contribution in [-0.2, 0) is 6.42 Å². The Morgan fingerprint density at radius 2 is 2.12 bits per heavy atom. The van der Waals surface area contributed by atoms with Crippen molar-refractivity contribution < 1.29 is 4.39 Å². The molecule has 6 rings (SSSR count). The fourth-order valence-corrected chi connectivity index (χ4v) is 5.65. The van der Waals surface area contributed by atoms with Crippen molar-refractivity contribution in [2.45, 2.75) is 32.2 Å². The molecule has 1 aromatic carbocycles. The number of benzene rings is 1. The summed E-state index contributed by atoms with van der Waals surface area (Å²) in [5.74, 6) is -0.260. The molecule has 1 saturated carbocycles. The standard InChI is InChI=1S/C26H25FN6/c1-2-31-21-7-17(27)6-19-18(21)8-22-24(19)25(33-4-3-26(14-33)9-23(26)29)20(13-32-22)16-5-15(10-28)11-30-12-16/h5-7,11-13,23,31H,2-4,8-9,14,29H2,1H3/t23-,26?/m1/s1. The monoisotopic (exact) mass is 440 g/mol. The van der Waals surface area contributed by atoms with Crippen molar-refractivity contribution in [3.05, 3.63) is 59.4 Å². The van der Waals surface area contributed by atoms with Crippen LogP contribution in [0.1, 0.15) is 36.6 Å². The van der Waals surface area contributed by atoms with Crippen LogP contribution in [0.4, 0.5) is 15.8 Å². The van der Waals surface area contributed by atoms with Crippen molar-refractivity contribution >= 4 is 11.4 Å². The molecule has 1 spiro atoms. The number of aromatic nitrogens is 2. The second-order valence-electron chi connectivity index (χ2n) is 9.45. The maximum Gasteiger partial charge on any atom is 0.125 e. The molecule has 2 atom stereocenters. The quantitative estimate of drug-likeness (QED) is 0.497. The minimum absolute atomic E-state index is 0.179. The molecule has 33 heavy (non-hydrogen) atoms. The van der Waals surface area contributed by atoms with E-state index in [9.17, 15) is 9.65 Å². The highest BCUT2D eigenvalue weighted by Crippen LogP contribution is 2.56. The fourth-order valence-electron chi connectivity index (χ4n) is 5.65. The molecule has 6 nitrogen and oxygen atoms in total. The molecule has 3 aromatic rings. The molecule has 3 heterocycles. The molecule has 2 aromatic heterocycles. The topological polar surface area (TPSA) is 90.9 Å². The lowest BCUT2D eigenvalue weighted by Gasteiger charge is -2.26. The van der Waals surface area contributed by atoms with Crippen LogP contribution in [0.25, 0.3) is 22.3 Å². The second-order valence-corrected chi connectivity index (χ2v) is 9.45. The van der Waals surface area contributed by atoms with E-state index in [1.807, 2.05) is 19.2 Å². The van der Waals surface area contributed by atoms with Crippen molar-refractivity contribution in [3.8, 4) is 28.3 Å². The van der Waals surface area contributed by atoms with Gasteiger partial charge in [-0.05, 0) is 49.1 Å². The van der Waals surface area contributed by atoms with Gasteiger partial charge in [0.15, 0.2) is 0 Å². The summed E-state index contributed by atoms with van der Waals surface area (Å²) >= 11 is 0. The van der Waals surface area contributed by atoms with Crippen LogP contribution in [0.15, 0.2) is 36.8 Å². The zero-order valence-corrected chi connectivity index (χ0v) is 18.5. The molecule has 3 aliphatic rings. The number of anilines is 2. The van der Waals surface area contributed by atoms with Crippen LogP contribution in [0.3, 0.4) is 0 Å². The van der Waals surface area contributed by atoms with E-state index >= 15 is 0 Å². The van der Waals surface area contributed by atoms with Gasteiger partial charge in [0.2, 0.25) is 0 Å². The Bertz CT molecular complexity index is 1330. The third-order valence-electron chi connectivity index (χ3n) is 7.46. The third-order valence-corrected chi connectivity index (χ3v) is 7.46. The number of halogens is 1. The van der Waals surface area contributed by atoms with Crippen molar-refractivity contribution in [2.24, 2.45) is 11.1 Å². The second kappa shape index (κ2) is 7.26. The van der Waals surface area contributed by atoms with Gasteiger partial charge in [-0.25, -0.2) is 4.39 Å². The molecule has 0 amide bonds. The Balaban J connectivity index is 1.58. The average molecular weight is 441 g/mol. The zero-order valence-electron chi connectivity index (χ0n) is 18.5. The molecule has 2 aliphatic carbocycles. The molecule has 0 bridgehead atoms. The maximum atomic E-state index is 14.7. The molecule has 0 radical (unpaired) electrons. The number of hydrogen-bond acceptors (Lipinski definition) is 6. The van der Waals surface area contributed by atoms with Gasteiger partial charge >= 0.3 is 0 Å². The number of nitrogens with zero attached hydrogens (tertiary/aromatic N) is 4. The van der Waals surface area contributed by atoms with Crippen molar-refractivity contribution in [1.82, 2.24) is 9.97 Å².